The fourth-order valence-corrected chi connectivity index (χ4v) is 3.96. The molecule has 0 bridgehead atoms. The molecule has 1 saturated heterocycles. The molecular formula is C15H25NO2. The maximum Gasteiger partial charge on any atom is 0.226 e. The van der Waals surface area contributed by atoms with Crippen molar-refractivity contribution in [3.63, 3.8) is 0 Å². The lowest BCUT2D eigenvalue weighted by atomic mass is 9.68. The van der Waals surface area contributed by atoms with E-state index in [0.717, 1.165) is 32.2 Å². The standard InChI is InChI=1S/C15H25NO2/c1-11(12-4-2-5-12)14(18)16-9-6-13(17)10-15(16)7-3-8-15/h11-13,17H,2-10H2,1H3. The van der Waals surface area contributed by atoms with Crippen LogP contribution in [0.5, 0.6) is 0 Å². The molecule has 2 unspecified atom stereocenters. The Bertz CT molecular complexity index is 333. The monoisotopic (exact) mass is 251 g/mol. The van der Waals surface area contributed by atoms with Crippen molar-refractivity contribution in [2.75, 3.05) is 6.54 Å². The van der Waals surface area contributed by atoms with E-state index in [1.165, 1.54) is 25.7 Å². The van der Waals surface area contributed by atoms with Gasteiger partial charge < -0.3 is 10.0 Å². The van der Waals surface area contributed by atoms with Gasteiger partial charge in [-0.05, 0) is 50.9 Å². The lowest BCUT2D eigenvalue weighted by molar-refractivity contribution is -0.156. The van der Waals surface area contributed by atoms with Gasteiger partial charge in [-0.3, -0.25) is 4.79 Å². The maximum absolute atomic E-state index is 12.7. The zero-order valence-electron chi connectivity index (χ0n) is 11.4. The van der Waals surface area contributed by atoms with E-state index in [0.29, 0.717) is 11.8 Å². The van der Waals surface area contributed by atoms with Gasteiger partial charge >= 0.3 is 0 Å². The van der Waals surface area contributed by atoms with E-state index in [1.807, 2.05) is 0 Å². The summed E-state index contributed by atoms with van der Waals surface area (Å²) in [6, 6.07) is 0. The smallest absolute Gasteiger partial charge is 0.226 e. The lowest BCUT2D eigenvalue weighted by Crippen LogP contribution is -2.62. The molecule has 2 saturated carbocycles. The molecule has 1 N–H and O–H groups in total. The normalized spacial score (nSPS) is 32.8. The average Bonchev–Trinajstić information content (AvgIpc) is 2.23. The quantitative estimate of drug-likeness (QED) is 0.818. The van der Waals surface area contributed by atoms with E-state index in [1.54, 1.807) is 0 Å². The number of rotatable bonds is 2. The van der Waals surface area contributed by atoms with Crippen LogP contribution in [0.4, 0.5) is 0 Å². The summed E-state index contributed by atoms with van der Waals surface area (Å²) in [4.78, 5) is 14.8. The Labute approximate surface area is 110 Å². The van der Waals surface area contributed by atoms with Gasteiger partial charge in [-0.2, -0.15) is 0 Å². The maximum atomic E-state index is 12.7. The topological polar surface area (TPSA) is 40.5 Å². The summed E-state index contributed by atoms with van der Waals surface area (Å²) in [6.45, 7) is 2.89. The van der Waals surface area contributed by atoms with Crippen LogP contribution in [0.2, 0.25) is 0 Å². The van der Waals surface area contributed by atoms with Crippen molar-refractivity contribution < 1.29 is 9.90 Å². The second-order valence-electron chi connectivity index (χ2n) is 6.69. The predicted octanol–water partition coefficient (Wildman–Crippen LogP) is 2.33. The highest BCUT2D eigenvalue weighted by atomic mass is 16.3. The summed E-state index contributed by atoms with van der Waals surface area (Å²) in [6.07, 6.45) is 8.59. The van der Waals surface area contributed by atoms with Crippen molar-refractivity contribution in [1.82, 2.24) is 4.90 Å². The third-order valence-electron chi connectivity index (χ3n) is 5.67. The van der Waals surface area contributed by atoms with Gasteiger partial charge in [0.2, 0.25) is 5.91 Å². The Kier molecular flexibility index (Phi) is 3.13. The number of aliphatic hydroxyl groups is 1. The minimum absolute atomic E-state index is 0.0345. The highest BCUT2D eigenvalue weighted by molar-refractivity contribution is 5.80. The average molecular weight is 251 g/mol. The van der Waals surface area contributed by atoms with Crippen LogP contribution in [0.25, 0.3) is 0 Å². The van der Waals surface area contributed by atoms with Gasteiger partial charge in [0, 0.05) is 18.0 Å². The molecule has 1 aliphatic heterocycles. The molecule has 1 spiro atoms. The van der Waals surface area contributed by atoms with Gasteiger partial charge in [0.1, 0.15) is 0 Å². The molecule has 2 atom stereocenters. The minimum Gasteiger partial charge on any atom is -0.393 e. The van der Waals surface area contributed by atoms with Gasteiger partial charge in [0.25, 0.3) is 0 Å². The largest absolute Gasteiger partial charge is 0.393 e. The Balaban J connectivity index is 1.71. The molecule has 0 aromatic heterocycles. The number of nitrogens with zero attached hydrogens (tertiary/aromatic N) is 1. The summed E-state index contributed by atoms with van der Waals surface area (Å²) >= 11 is 0. The first-order valence-corrected chi connectivity index (χ1v) is 7.62. The summed E-state index contributed by atoms with van der Waals surface area (Å²) in [5.74, 6) is 1.19. The second-order valence-corrected chi connectivity index (χ2v) is 6.69. The van der Waals surface area contributed by atoms with Crippen LogP contribution in [-0.2, 0) is 4.79 Å². The zero-order valence-corrected chi connectivity index (χ0v) is 11.4. The molecular weight excluding hydrogens is 226 g/mol. The number of aliphatic hydroxyl groups excluding tert-OH is 1. The summed E-state index contributed by atoms with van der Waals surface area (Å²) in [7, 11) is 0. The van der Waals surface area contributed by atoms with E-state index in [-0.39, 0.29) is 17.6 Å². The highest BCUT2D eigenvalue weighted by Crippen LogP contribution is 2.46. The molecule has 2 aliphatic carbocycles. The first-order chi connectivity index (χ1) is 8.62. The first-order valence-electron chi connectivity index (χ1n) is 7.62. The van der Waals surface area contributed by atoms with Crippen molar-refractivity contribution in [3.8, 4) is 0 Å². The van der Waals surface area contributed by atoms with Crippen molar-refractivity contribution in [1.29, 1.82) is 0 Å². The number of likely N-dealkylation sites (tertiary alicyclic amines) is 1. The van der Waals surface area contributed by atoms with Crippen molar-refractivity contribution >= 4 is 5.91 Å². The van der Waals surface area contributed by atoms with E-state index >= 15 is 0 Å². The molecule has 3 nitrogen and oxygen atoms in total. The Morgan fingerprint density at radius 1 is 1.28 bits per heavy atom. The number of carbonyl (C=O) groups excluding carboxylic acids is 1. The number of hydrogen-bond acceptors (Lipinski definition) is 2. The van der Waals surface area contributed by atoms with Crippen molar-refractivity contribution in [3.05, 3.63) is 0 Å². The Morgan fingerprint density at radius 2 is 2.00 bits per heavy atom. The molecule has 3 rings (SSSR count). The summed E-state index contributed by atoms with van der Waals surface area (Å²) in [5, 5.41) is 9.88. The van der Waals surface area contributed by atoms with Crippen LogP contribution in [0.15, 0.2) is 0 Å². The highest BCUT2D eigenvalue weighted by Gasteiger charge is 2.49. The van der Waals surface area contributed by atoms with Crippen molar-refractivity contribution in [2.24, 2.45) is 11.8 Å². The first kappa shape index (κ1) is 12.5. The van der Waals surface area contributed by atoms with Crippen LogP contribution in [0, 0.1) is 11.8 Å². The molecule has 3 heteroatoms. The lowest BCUT2D eigenvalue weighted by Gasteiger charge is -2.55. The van der Waals surface area contributed by atoms with Crippen LogP contribution >= 0.6 is 0 Å². The minimum atomic E-state index is -0.187. The predicted molar refractivity (Wildman–Crippen MR) is 70.0 cm³/mol. The molecule has 1 heterocycles. The van der Waals surface area contributed by atoms with Crippen LogP contribution in [0.1, 0.15) is 58.3 Å². The molecule has 0 aromatic carbocycles. The molecule has 0 aromatic rings. The van der Waals surface area contributed by atoms with E-state index in [4.69, 9.17) is 0 Å². The SMILES string of the molecule is CC(C(=O)N1CCC(O)CC12CCC2)C1CCC1. The van der Waals surface area contributed by atoms with Crippen LogP contribution in [0.3, 0.4) is 0 Å². The zero-order chi connectivity index (χ0) is 12.8. The fraction of sp³-hybridized carbons (Fsp3) is 0.933. The van der Waals surface area contributed by atoms with Crippen molar-refractivity contribution in [2.45, 2.75) is 69.9 Å². The molecule has 1 amide bonds. The third kappa shape index (κ3) is 1.87. The Morgan fingerprint density at radius 3 is 2.50 bits per heavy atom. The number of piperidine rings is 1. The van der Waals surface area contributed by atoms with E-state index < -0.39 is 0 Å². The molecule has 3 aliphatic rings. The molecule has 0 radical (unpaired) electrons. The number of carbonyl (C=O) groups is 1. The van der Waals surface area contributed by atoms with E-state index in [2.05, 4.69) is 11.8 Å². The Hall–Kier alpha value is -0.570. The van der Waals surface area contributed by atoms with Gasteiger partial charge in [0.05, 0.1) is 6.10 Å². The fourth-order valence-electron chi connectivity index (χ4n) is 3.96. The molecule has 102 valence electrons. The number of amides is 1. The van der Waals surface area contributed by atoms with Gasteiger partial charge in [0.15, 0.2) is 0 Å². The second kappa shape index (κ2) is 4.52. The van der Waals surface area contributed by atoms with Gasteiger partial charge in [-0.1, -0.05) is 13.3 Å². The molecule has 18 heavy (non-hydrogen) atoms. The molecule has 3 fully saturated rings. The summed E-state index contributed by atoms with van der Waals surface area (Å²) < 4.78 is 0. The summed E-state index contributed by atoms with van der Waals surface area (Å²) in [5.41, 5.74) is 0.0345. The van der Waals surface area contributed by atoms with Gasteiger partial charge in [-0.15, -0.1) is 0 Å². The van der Waals surface area contributed by atoms with Crippen LogP contribution in [-0.4, -0.2) is 34.1 Å². The van der Waals surface area contributed by atoms with Crippen LogP contribution < -0.4 is 0 Å². The van der Waals surface area contributed by atoms with E-state index in [9.17, 15) is 9.90 Å². The van der Waals surface area contributed by atoms with Gasteiger partial charge in [-0.25, -0.2) is 0 Å². The number of hydrogen-bond donors (Lipinski definition) is 1. The third-order valence-corrected chi connectivity index (χ3v) is 5.67.